The first-order chi connectivity index (χ1) is 14.0. The van der Waals surface area contributed by atoms with E-state index in [0.29, 0.717) is 29.8 Å². The molecular formula is C21H22N4O4. The summed E-state index contributed by atoms with van der Waals surface area (Å²) in [6.45, 7) is 0.473. The topological polar surface area (TPSA) is 108 Å². The molecule has 150 valence electrons. The highest BCUT2D eigenvalue weighted by molar-refractivity contribution is 6.01. The van der Waals surface area contributed by atoms with Crippen LogP contribution in [0.3, 0.4) is 0 Å². The van der Waals surface area contributed by atoms with Crippen LogP contribution in [-0.2, 0) is 9.59 Å². The first kappa shape index (κ1) is 20.1. The van der Waals surface area contributed by atoms with Gasteiger partial charge in [-0.1, -0.05) is 6.07 Å². The summed E-state index contributed by atoms with van der Waals surface area (Å²) in [5.74, 6) is -0.974. The fourth-order valence-corrected chi connectivity index (χ4v) is 3.06. The van der Waals surface area contributed by atoms with E-state index in [-0.39, 0.29) is 18.4 Å². The van der Waals surface area contributed by atoms with Gasteiger partial charge >= 0.3 is 0 Å². The second kappa shape index (κ2) is 9.01. The molecule has 0 spiro atoms. The Kier molecular flexibility index (Phi) is 6.23. The molecule has 3 N–H and O–H groups in total. The van der Waals surface area contributed by atoms with Gasteiger partial charge in [0.25, 0.3) is 11.8 Å². The van der Waals surface area contributed by atoms with Crippen molar-refractivity contribution < 1.29 is 19.2 Å². The molecule has 0 bridgehead atoms. The van der Waals surface area contributed by atoms with E-state index < -0.39 is 11.8 Å². The van der Waals surface area contributed by atoms with Gasteiger partial charge in [-0.3, -0.25) is 19.2 Å². The molecule has 0 aliphatic carbocycles. The number of rotatable bonds is 6. The summed E-state index contributed by atoms with van der Waals surface area (Å²) < 4.78 is 0. The molecule has 2 aromatic carbocycles. The predicted octanol–water partition coefficient (Wildman–Crippen LogP) is 1.54. The minimum atomic E-state index is -0.410. The Balaban J connectivity index is 1.53. The predicted molar refractivity (Wildman–Crippen MR) is 109 cm³/mol. The van der Waals surface area contributed by atoms with Crippen LogP contribution in [0.25, 0.3) is 0 Å². The molecule has 1 aliphatic rings. The maximum Gasteiger partial charge on any atom is 0.251 e. The average Bonchev–Trinajstić information content (AvgIpc) is 3.17. The monoisotopic (exact) mass is 394 g/mol. The summed E-state index contributed by atoms with van der Waals surface area (Å²) in [5.41, 5.74) is 2.04. The quantitative estimate of drug-likeness (QED) is 0.691. The maximum absolute atomic E-state index is 12.3. The van der Waals surface area contributed by atoms with Crippen LogP contribution in [0.4, 0.5) is 11.4 Å². The standard InChI is InChI=1S/C21H22N4O4/c1-22-20(28)15-4-2-5-16(12-15)24-18(26)13-23-21(29)14-7-9-17(10-8-14)25-11-3-6-19(25)27/h2,4-5,7-10,12H,3,6,11,13H2,1H3,(H,22,28)(H,23,29)(H,24,26). The van der Waals surface area contributed by atoms with Crippen molar-refractivity contribution in [3.8, 4) is 0 Å². The lowest BCUT2D eigenvalue weighted by molar-refractivity contribution is -0.117. The third kappa shape index (κ3) is 4.98. The molecule has 1 fully saturated rings. The smallest absolute Gasteiger partial charge is 0.251 e. The fourth-order valence-electron chi connectivity index (χ4n) is 3.06. The minimum Gasteiger partial charge on any atom is -0.355 e. The van der Waals surface area contributed by atoms with Crippen molar-refractivity contribution in [3.05, 3.63) is 59.7 Å². The number of benzene rings is 2. The van der Waals surface area contributed by atoms with Crippen LogP contribution in [0.15, 0.2) is 48.5 Å². The highest BCUT2D eigenvalue weighted by Gasteiger charge is 2.21. The third-order valence-electron chi connectivity index (χ3n) is 4.56. The molecule has 3 rings (SSSR count). The average molecular weight is 394 g/mol. The minimum absolute atomic E-state index is 0.0827. The second-order valence-corrected chi connectivity index (χ2v) is 6.59. The lowest BCUT2D eigenvalue weighted by Crippen LogP contribution is -2.33. The Morgan fingerprint density at radius 3 is 2.41 bits per heavy atom. The second-order valence-electron chi connectivity index (χ2n) is 6.59. The van der Waals surface area contributed by atoms with Crippen LogP contribution >= 0.6 is 0 Å². The van der Waals surface area contributed by atoms with Crippen LogP contribution in [-0.4, -0.2) is 43.8 Å². The molecule has 0 saturated carbocycles. The Morgan fingerprint density at radius 2 is 1.76 bits per heavy atom. The highest BCUT2D eigenvalue weighted by Crippen LogP contribution is 2.21. The van der Waals surface area contributed by atoms with Gasteiger partial charge in [0.05, 0.1) is 6.54 Å². The number of carbonyl (C=O) groups is 4. The van der Waals surface area contributed by atoms with Crippen molar-refractivity contribution in [2.75, 3.05) is 30.4 Å². The molecule has 1 aliphatic heterocycles. The van der Waals surface area contributed by atoms with Gasteiger partial charge in [-0.25, -0.2) is 0 Å². The van der Waals surface area contributed by atoms with Gasteiger partial charge < -0.3 is 20.9 Å². The Morgan fingerprint density at radius 1 is 1.00 bits per heavy atom. The normalized spacial score (nSPS) is 13.1. The summed E-state index contributed by atoms with van der Waals surface area (Å²) in [6, 6.07) is 13.2. The Hall–Kier alpha value is -3.68. The van der Waals surface area contributed by atoms with Gasteiger partial charge in [0, 0.05) is 42.5 Å². The third-order valence-corrected chi connectivity index (χ3v) is 4.56. The van der Waals surface area contributed by atoms with Crippen molar-refractivity contribution in [2.24, 2.45) is 0 Å². The molecule has 29 heavy (non-hydrogen) atoms. The zero-order chi connectivity index (χ0) is 20.8. The summed E-state index contributed by atoms with van der Waals surface area (Å²) in [7, 11) is 1.53. The van der Waals surface area contributed by atoms with E-state index in [1.807, 2.05) is 0 Å². The number of nitrogens with one attached hydrogen (secondary N) is 3. The van der Waals surface area contributed by atoms with E-state index in [0.717, 1.165) is 12.1 Å². The van der Waals surface area contributed by atoms with Crippen molar-refractivity contribution in [2.45, 2.75) is 12.8 Å². The largest absolute Gasteiger partial charge is 0.355 e. The number of nitrogens with zero attached hydrogens (tertiary/aromatic N) is 1. The molecular weight excluding hydrogens is 372 g/mol. The molecule has 0 aromatic heterocycles. The van der Waals surface area contributed by atoms with Crippen LogP contribution in [0.1, 0.15) is 33.6 Å². The van der Waals surface area contributed by atoms with E-state index in [2.05, 4.69) is 16.0 Å². The zero-order valence-electron chi connectivity index (χ0n) is 16.0. The molecule has 0 atom stereocenters. The molecule has 8 nitrogen and oxygen atoms in total. The Labute approximate surface area is 168 Å². The molecule has 0 unspecified atom stereocenters. The van der Waals surface area contributed by atoms with Crippen molar-refractivity contribution in [1.82, 2.24) is 10.6 Å². The van der Waals surface area contributed by atoms with Gasteiger partial charge in [-0.15, -0.1) is 0 Å². The molecule has 0 radical (unpaired) electrons. The van der Waals surface area contributed by atoms with E-state index in [9.17, 15) is 19.2 Å². The number of hydrogen-bond donors (Lipinski definition) is 3. The molecule has 4 amide bonds. The van der Waals surface area contributed by atoms with Gasteiger partial charge in [-0.2, -0.15) is 0 Å². The summed E-state index contributed by atoms with van der Waals surface area (Å²) >= 11 is 0. The maximum atomic E-state index is 12.3. The van der Waals surface area contributed by atoms with Crippen molar-refractivity contribution in [1.29, 1.82) is 0 Å². The number of carbonyl (C=O) groups excluding carboxylic acids is 4. The molecule has 2 aromatic rings. The van der Waals surface area contributed by atoms with Crippen molar-refractivity contribution >= 4 is 35.0 Å². The first-order valence-electron chi connectivity index (χ1n) is 9.28. The summed E-state index contributed by atoms with van der Waals surface area (Å²) in [6.07, 6.45) is 1.38. The fraction of sp³-hybridized carbons (Fsp3) is 0.238. The van der Waals surface area contributed by atoms with E-state index in [4.69, 9.17) is 0 Å². The van der Waals surface area contributed by atoms with Gasteiger partial charge in [0.1, 0.15) is 0 Å². The van der Waals surface area contributed by atoms with Gasteiger partial charge in [-0.05, 0) is 48.9 Å². The Bertz CT molecular complexity index is 940. The summed E-state index contributed by atoms with van der Waals surface area (Å²) in [4.78, 5) is 49.5. The van der Waals surface area contributed by atoms with E-state index in [1.165, 1.54) is 7.05 Å². The lowest BCUT2D eigenvalue weighted by Gasteiger charge is -2.15. The number of amides is 4. The van der Waals surface area contributed by atoms with Crippen LogP contribution in [0.5, 0.6) is 0 Å². The van der Waals surface area contributed by atoms with Gasteiger partial charge in [0.15, 0.2) is 0 Å². The van der Waals surface area contributed by atoms with Crippen LogP contribution < -0.4 is 20.9 Å². The van der Waals surface area contributed by atoms with Crippen molar-refractivity contribution in [3.63, 3.8) is 0 Å². The highest BCUT2D eigenvalue weighted by atomic mass is 16.2. The first-order valence-corrected chi connectivity index (χ1v) is 9.28. The van der Waals surface area contributed by atoms with Gasteiger partial charge in [0.2, 0.25) is 11.8 Å². The molecule has 1 saturated heterocycles. The molecule has 1 heterocycles. The SMILES string of the molecule is CNC(=O)c1cccc(NC(=O)CNC(=O)c2ccc(N3CCCC3=O)cc2)c1. The lowest BCUT2D eigenvalue weighted by atomic mass is 10.2. The summed E-state index contributed by atoms with van der Waals surface area (Å²) in [5, 5.41) is 7.71. The van der Waals surface area contributed by atoms with E-state index in [1.54, 1.807) is 53.4 Å². The van der Waals surface area contributed by atoms with Crippen LogP contribution in [0, 0.1) is 0 Å². The van der Waals surface area contributed by atoms with E-state index >= 15 is 0 Å². The number of hydrogen-bond acceptors (Lipinski definition) is 4. The zero-order valence-corrected chi connectivity index (χ0v) is 16.0. The number of anilines is 2. The molecule has 8 heteroatoms. The van der Waals surface area contributed by atoms with Crippen LogP contribution in [0.2, 0.25) is 0 Å².